The van der Waals surface area contributed by atoms with Gasteiger partial charge in [-0.2, -0.15) is 0 Å². The maximum Gasteiger partial charge on any atom is 0.253 e. The molecule has 0 N–H and O–H groups in total. The third-order valence-corrected chi connectivity index (χ3v) is 4.35. The number of rotatable bonds is 8. The average Bonchev–Trinajstić information content (AvgIpc) is 3.29. The Morgan fingerprint density at radius 3 is 2.65 bits per heavy atom. The summed E-state index contributed by atoms with van der Waals surface area (Å²) in [4.78, 5) is 14.4. The highest BCUT2D eigenvalue weighted by atomic mass is 16.5. The first-order valence-electron chi connectivity index (χ1n) is 8.39. The zero-order chi connectivity index (χ0) is 16.1. The van der Waals surface area contributed by atoms with Crippen LogP contribution < -0.4 is 4.74 Å². The summed E-state index contributed by atoms with van der Waals surface area (Å²) in [5.74, 6) is 1.60. The molecule has 1 aromatic carbocycles. The quantitative estimate of drug-likeness (QED) is 0.690. The van der Waals surface area contributed by atoms with Crippen molar-refractivity contribution in [2.24, 2.45) is 5.92 Å². The summed E-state index contributed by atoms with van der Waals surface area (Å²) in [6, 6.07) is 7.31. The van der Waals surface area contributed by atoms with E-state index in [0.717, 1.165) is 31.2 Å². The molecule has 5 heteroatoms. The minimum Gasteiger partial charge on any atom is -0.491 e. The van der Waals surface area contributed by atoms with Crippen molar-refractivity contribution in [2.45, 2.75) is 25.4 Å². The molecule has 1 saturated heterocycles. The molecule has 1 aliphatic carbocycles. The van der Waals surface area contributed by atoms with Gasteiger partial charge in [-0.05, 0) is 49.4 Å². The molecule has 1 saturated carbocycles. The molecular weight excluding hydrogens is 294 g/mol. The third kappa shape index (κ3) is 4.69. The summed E-state index contributed by atoms with van der Waals surface area (Å²) in [7, 11) is 1.64. The standard InChI is InChI=1S/C18H25NO4/c1-21-10-11-22-16-6-4-15(5-7-16)18(20)19-9-8-17(12-19)23-13-14-2-3-14/h4-7,14,17H,2-3,8-13H2,1H3. The predicted octanol–water partition coefficient (Wildman–Crippen LogP) is 2.35. The van der Waals surface area contributed by atoms with Crippen LogP contribution in [0.1, 0.15) is 29.6 Å². The minimum atomic E-state index is 0.0750. The van der Waals surface area contributed by atoms with Crippen LogP contribution in [0.4, 0.5) is 0 Å². The number of methoxy groups -OCH3 is 1. The lowest BCUT2D eigenvalue weighted by Crippen LogP contribution is -2.30. The molecule has 23 heavy (non-hydrogen) atoms. The van der Waals surface area contributed by atoms with Gasteiger partial charge in [0, 0.05) is 32.4 Å². The molecule has 1 aliphatic heterocycles. The van der Waals surface area contributed by atoms with Crippen LogP contribution in [0.25, 0.3) is 0 Å². The number of nitrogens with zero attached hydrogens (tertiary/aromatic N) is 1. The average molecular weight is 319 g/mol. The number of hydrogen-bond donors (Lipinski definition) is 0. The van der Waals surface area contributed by atoms with Crippen LogP contribution in [-0.2, 0) is 9.47 Å². The van der Waals surface area contributed by atoms with Gasteiger partial charge in [-0.15, -0.1) is 0 Å². The fourth-order valence-corrected chi connectivity index (χ4v) is 2.72. The third-order valence-electron chi connectivity index (χ3n) is 4.35. The molecule has 1 amide bonds. The van der Waals surface area contributed by atoms with Crippen LogP contribution in [0.2, 0.25) is 0 Å². The van der Waals surface area contributed by atoms with Crippen molar-refractivity contribution in [3.05, 3.63) is 29.8 Å². The Bertz CT molecular complexity index is 512. The second-order valence-corrected chi connectivity index (χ2v) is 6.30. The maximum atomic E-state index is 12.5. The van der Waals surface area contributed by atoms with E-state index in [-0.39, 0.29) is 12.0 Å². The van der Waals surface area contributed by atoms with Crippen LogP contribution in [0.15, 0.2) is 24.3 Å². The molecule has 1 atom stereocenters. The molecule has 2 aliphatic rings. The van der Waals surface area contributed by atoms with Gasteiger partial charge in [-0.3, -0.25) is 4.79 Å². The highest BCUT2D eigenvalue weighted by Crippen LogP contribution is 2.30. The van der Waals surface area contributed by atoms with E-state index in [9.17, 15) is 4.79 Å². The van der Waals surface area contributed by atoms with Gasteiger partial charge < -0.3 is 19.1 Å². The van der Waals surface area contributed by atoms with Gasteiger partial charge in [0.2, 0.25) is 0 Å². The van der Waals surface area contributed by atoms with Crippen molar-refractivity contribution in [1.82, 2.24) is 4.90 Å². The number of ether oxygens (including phenoxy) is 3. The predicted molar refractivity (Wildman–Crippen MR) is 86.8 cm³/mol. The Morgan fingerprint density at radius 1 is 1.17 bits per heavy atom. The van der Waals surface area contributed by atoms with Crippen LogP contribution in [0.5, 0.6) is 5.75 Å². The van der Waals surface area contributed by atoms with Crippen LogP contribution in [0, 0.1) is 5.92 Å². The highest BCUT2D eigenvalue weighted by molar-refractivity contribution is 5.94. The van der Waals surface area contributed by atoms with E-state index in [1.54, 1.807) is 7.11 Å². The van der Waals surface area contributed by atoms with Gasteiger partial charge in [0.25, 0.3) is 5.91 Å². The number of likely N-dealkylation sites (tertiary alicyclic amines) is 1. The summed E-state index contributed by atoms with van der Waals surface area (Å²) in [5.41, 5.74) is 0.701. The van der Waals surface area contributed by atoms with Crippen molar-refractivity contribution < 1.29 is 19.0 Å². The topological polar surface area (TPSA) is 48.0 Å². The molecule has 0 aromatic heterocycles. The van der Waals surface area contributed by atoms with Crippen LogP contribution in [0.3, 0.4) is 0 Å². The second-order valence-electron chi connectivity index (χ2n) is 6.30. The van der Waals surface area contributed by atoms with Crippen molar-refractivity contribution in [3.8, 4) is 5.75 Å². The van der Waals surface area contributed by atoms with Crippen molar-refractivity contribution in [1.29, 1.82) is 0 Å². The molecule has 126 valence electrons. The zero-order valence-electron chi connectivity index (χ0n) is 13.7. The molecule has 0 radical (unpaired) electrons. The minimum absolute atomic E-state index is 0.0750. The van der Waals surface area contributed by atoms with E-state index in [4.69, 9.17) is 14.2 Å². The van der Waals surface area contributed by atoms with E-state index in [1.807, 2.05) is 29.2 Å². The SMILES string of the molecule is COCCOc1ccc(C(=O)N2CCC(OCC3CC3)C2)cc1. The molecule has 2 fully saturated rings. The van der Waals surface area contributed by atoms with E-state index in [1.165, 1.54) is 12.8 Å². The molecule has 1 aromatic rings. The maximum absolute atomic E-state index is 12.5. The number of benzene rings is 1. The Hall–Kier alpha value is -1.59. The summed E-state index contributed by atoms with van der Waals surface area (Å²) in [6.07, 6.45) is 3.75. The molecule has 0 spiro atoms. The molecule has 1 unspecified atom stereocenters. The highest BCUT2D eigenvalue weighted by Gasteiger charge is 2.29. The van der Waals surface area contributed by atoms with Gasteiger partial charge in [0.05, 0.1) is 12.7 Å². The van der Waals surface area contributed by atoms with Gasteiger partial charge in [-0.1, -0.05) is 0 Å². The monoisotopic (exact) mass is 319 g/mol. The normalized spacial score (nSPS) is 20.7. The number of hydrogen-bond acceptors (Lipinski definition) is 4. The molecule has 5 nitrogen and oxygen atoms in total. The lowest BCUT2D eigenvalue weighted by Gasteiger charge is -2.17. The van der Waals surface area contributed by atoms with Crippen molar-refractivity contribution in [2.75, 3.05) is 40.0 Å². The van der Waals surface area contributed by atoms with Crippen LogP contribution in [-0.4, -0.2) is 56.9 Å². The van der Waals surface area contributed by atoms with E-state index in [0.29, 0.717) is 25.3 Å². The Labute approximate surface area is 137 Å². The zero-order valence-corrected chi connectivity index (χ0v) is 13.7. The smallest absolute Gasteiger partial charge is 0.253 e. The van der Waals surface area contributed by atoms with E-state index >= 15 is 0 Å². The van der Waals surface area contributed by atoms with Gasteiger partial charge >= 0.3 is 0 Å². The Balaban J connectivity index is 1.47. The lowest BCUT2D eigenvalue weighted by atomic mass is 10.2. The van der Waals surface area contributed by atoms with Gasteiger partial charge in [0.15, 0.2) is 0 Å². The van der Waals surface area contributed by atoms with Crippen molar-refractivity contribution >= 4 is 5.91 Å². The van der Waals surface area contributed by atoms with Crippen LogP contribution >= 0.6 is 0 Å². The molecular formula is C18H25NO4. The summed E-state index contributed by atoms with van der Waals surface area (Å²) >= 11 is 0. The molecule has 3 rings (SSSR count). The van der Waals surface area contributed by atoms with Crippen molar-refractivity contribution in [3.63, 3.8) is 0 Å². The first-order chi connectivity index (χ1) is 11.3. The molecule has 0 bridgehead atoms. The largest absolute Gasteiger partial charge is 0.491 e. The summed E-state index contributed by atoms with van der Waals surface area (Å²) in [5, 5.41) is 0. The summed E-state index contributed by atoms with van der Waals surface area (Å²) in [6.45, 7) is 3.41. The number of amides is 1. The van der Waals surface area contributed by atoms with Gasteiger partial charge in [-0.25, -0.2) is 0 Å². The Kier molecular flexibility index (Phi) is 5.51. The van der Waals surface area contributed by atoms with E-state index in [2.05, 4.69) is 0 Å². The number of carbonyl (C=O) groups excluding carboxylic acids is 1. The Morgan fingerprint density at radius 2 is 1.96 bits per heavy atom. The fraction of sp³-hybridized carbons (Fsp3) is 0.611. The first kappa shape index (κ1) is 16.3. The first-order valence-corrected chi connectivity index (χ1v) is 8.39. The number of carbonyl (C=O) groups is 1. The van der Waals surface area contributed by atoms with E-state index < -0.39 is 0 Å². The summed E-state index contributed by atoms with van der Waals surface area (Å²) < 4.78 is 16.3. The second kappa shape index (κ2) is 7.79. The molecule has 1 heterocycles. The van der Waals surface area contributed by atoms with Gasteiger partial charge in [0.1, 0.15) is 12.4 Å². The fourth-order valence-electron chi connectivity index (χ4n) is 2.72. The lowest BCUT2D eigenvalue weighted by molar-refractivity contribution is 0.0480.